The molecule has 68 valence electrons. The molecule has 0 bridgehead atoms. The van der Waals surface area contributed by atoms with Gasteiger partial charge in [0.1, 0.15) is 5.78 Å². The second kappa shape index (κ2) is 3.69. The molecule has 0 radical (unpaired) electrons. The number of ketones is 1. The maximum Gasteiger partial charge on any atom is 0.141 e. The van der Waals surface area contributed by atoms with Crippen LogP contribution in [-0.4, -0.2) is 10.8 Å². The molecule has 2 nitrogen and oxygen atoms in total. The number of Topliss-reactive ketones (excluding diaryl/α,β-unsaturated/α-hetero) is 1. The molecule has 1 aliphatic carbocycles. The summed E-state index contributed by atoms with van der Waals surface area (Å²) in [4.78, 5) is 15.8. The normalized spacial score (nSPS) is 23.1. The highest BCUT2D eigenvalue weighted by molar-refractivity contribution is 5.85. The molecule has 1 atom stereocenters. The Bertz CT molecular complexity index is 294. The summed E-state index contributed by atoms with van der Waals surface area (Å²) in [6.07, 6.45) is 5.70. The molecule has 2 rings (SSSR count). The highest BCUT2D eigenvalue weighted by Crippen LogP contribution is 2.28. The van der Waals surface area contributed by atoms with Crippen molar-refractivity contribution in [2.75, 3.05) is 0 Å². The maximum atomic E-state index is 11.6. The minimum atomic E-state index is 0.0787. The van der Waals surface area contributed by atoms with Crippen molar-refractivity contribution in [1.29, 1.82) is 0 Å². The van der Waals surface area contributed by atoms with Crippen molar-refractivity contribution >= 4 is 5.78 Å². The van der Waals surface area contributed by atoms with Gasteiger partial charge in [0.15, 0.2) is 0 Å². The van der Waals surface area contributed by atoms with Crippen molar-refractivity contribution in [3.05, 3.63) is 30.1 Å². The quantitative estimate of drug-likeness (QED) is 0.655. The second-order valence-corrected chi connectivity index (χ2v) is 3.52. The molecule has 0 unspecified atom stereocenters. The molecule has 1 saturated carbocycles. The zero-order valence-electron chi connectivity index (χ0n) is 7.57. The molecular weight excluding hydrogens is 162 g/mol. The van der Waals surface area contributed by atoms with Gasteiger partial charge in [-0.05, 0) is 25.0 Å². The van der Waals surface area contributed by atoms with E-state index in [4.69, 9.17) is 0 Å². The summed E-state index contributed by atoms with van der Waals surface area (Å²) in [5.41, 5.74) is 0.951. The average molecular weight is 175 g/mol. The summed E-state index contributed by atoms with van der Waals surface area (Å²) >= 11 is 0. The standard InChI is InChI=1S/C11H13NO/c13-11-7-2-1-5-9(11)10-6-3-4-8-12-10/h3-4,6,8-9H,1-2,5,7H2/t9-/m1/s1. The van der Waals surface area contributed by atoms with Gasteiger partial charge in [-0.25, -0.2) is 0 Å². The van der Waals surface area contributed by atoms with Gasteiger partial charge in [0.05, 0.1) is 11.6 Å². The van der Waals surface area contributed by atoms with E-state index >= 15 is 0 Å². The molecule has 1 heterocycles. The molecule has 13 heavy (non-hydrogen) atoms. The Morgan fingerprint density at radius 1 is 1.31 bits per heavy atom. The van der Waals surface area contributed by atoms with Crippen LogP contribution in [0.2, 0.25) is 0 Å². The fraction of sp³-hybridized carbons (Fsp3) is 0.455. The van der Waals surface area contributed by atoms with Crippen LogP contribution < -0.4 is 0 Å². The van der Waals surface area contributed by atoms with E-state index in [9.17, 15) is 4.79 Å². The van der Waals surface area contributed by atoms with E-state index in [1.54, 1.807) is 6.20 Å². The third-order valence-corrected chi connectivity index (χ3v) is 2.60. The van der Waals surface area contributed by atoms with Crippen molar-refractivity contribution in [1.82, 2.24) is 4.98 Å². The lowest BCUT2D eigenvalue weighted by Gasteiger charge is -2.19. The third kappa shape index (κ3) is 1.77. The molecule has 1 aliphatic rings. The first kappa shape index (κ1) is 8.42. The van der Waals surface area contributed by atoms with Gasteiger partial charge in [0.2, 0.25) is 0 Å². The highest BCUT2D eigenvalue weighted by atomic mass is 16.1. The Kier molecular flexibility index (Phi) is 2.39. The van der Waals surface area contributed by atoms with Crippen LogP contribution in [0.15, 0.2) is 24.4 Å². The lowest BCUT2D eigenvalue weighted by molar-refractivity contribution is -0.121. The van der Waals surface area contributed by atoms with Gasteiger partial charge < -0.3 is 0 Å². The van der Waals surface area contributed by atoms with Gasteiger partial charge in [-0.2, -0.15) is 0 Å². The molecule has 1 aromatic heterocycles. The zero-order valence-corrected chi connectivity index (χ0v) is 7.57. The van der Waals surface area contributed by atoms with Crippen LogP contribution in [0.25, 0.3) is 0 Å². The van der Waals surface area contributed by atoms with Gasteiger partial charge in [-0.15, -0.1) is 0 Å². The largest absolute Gasteiger partial charge is 0.299 e. The van der Waals surface area contributed by atoms with E-state index in [1.165, 1.54) is 0 Å². The Labute approximate surface area is 78.0 Å². The lowest BCUT2D eigenvalue weighted by atomic mass is 9.85. The molecule has 0 aromatic carbocycles. The molecular formula is C11H13NO. The van der Waals surface area contributed by atoms with E-state index in [-0.39, 0.29) is 5.92 Å². The third-order valence-electron chi connectivity index (χ3n) is 2.60. The molecule has 0 amide bonds. The molecule has 0 aliphatic heterocycles. The molecule has 1 fully saturated rings. The number of carbonyl (C=O) groups excluding carboxylic acids is 1. The van der Waals surface area contributed by atoms with Crippen LogP contribution in [0.5, 0.6) is 0 Å². The Balaban J connectivity index is 2.20. The van der Waals surface area contributed by atoms with Crippen LogP contribution >= 0.6 is 0 Å². The molecule has 2 heteroatoms. The zero-order chi connectivity index (χ0) is 9.10. The minimum Gasteiger partial charge on any atom is -0.299 e. The van der Waals surface area contributed by atoms with E-state index < -0.39 is 0 Å². The van der Waals surface area contributed by atoms with Gasteiger partial charge in [-0.1, -0.05) is 12.5 Å². The average Bonchev–Trinajstić information content (AvgIpc) is 2.20. The van der Waals surface area contributed by atoms with Crippen LogP contribution in [-0.2, 0) is 4.79 Å². The number of rotatable bonds is 1. The Morgan fingerprint density at radius 3 is 2.92 bits per heavy atom. The minimum absolute atomic E-state index is 0.0787. The number of pyridine rings is 1. The predicted molar refractivity (Wildman–Crippen MR) is 50.5 cm³/mol. The van der Waals surface area contributed by atoms with Crippen molar-refractivity contribution in [3.63, 3.8) is 0 Å². The summed E-state index contributed by atoms with van der Waals surface area (Å²) < 4.78 is 0. The van der Waals surface area contributed by atoms with E-state index in [0.717, 1.165) is 31.4 Å². The van der Waals surface area contributed by atoms with Crippen LogP contribution in [0.3, 0.4) is 0 Å². The summed E-state index contributed by atoms with van der Waals surface area (Å²) in [5.74, 6) is 0.444. The predicted octanol–water partition coefficient (Wildman–Crippen LogP) is 2.31. The van der Waals surface area contributed by atoms with Crippen molar-refractivity contribution < 1.29 is 4.79 Å². The van der Waals surface area contributed by atoms with Crippen molar-refractivity contribution in [3.8, 4) is 0 Å². The molecule has 0 N–H and O–H groups in total. The second-order valence-electron chi connectivity index (χ2n) is 3.52. The topological polar surface area (TPSA) is 30.0 Å². The molecule has 0 spiro atoms. The first-order valence-corrected chi connectivity index (χ1v) is 4.81. The highest BCUT2D eigenvalue weighted by Gasteiger charge is 2.24. The number of hydrogen-bond acceptors (Lipinski definition) is 2. The molecule has 0 saturated heterocycles. The Morgan fingerprint density at radius 2 is 2.23 bits per heavy atom. The van der Waals surface area contributed by atoms with Gasteiger partial charge in [0, 0.05) is 12.6 Å². The summed E-state index contributed by atoms with van der Waals surface area (Å²) in [7, 11) is 0. The SMILES string of the molecule is O=C1CCCC[C@@H]1c1ccccn1. The Hall–Kier alpha value is -1.18. The van der Waals surface area contributed by atoms with Crippen LogP contribution in [0, 0.1) is 0 Å². The monoisotopic (exact) mass is 175 g/mol. The first-order chi connectivity index (χ1) is 6.38. The van der Waals surface area contributed by atoms with Crippen molar-refractivity contribution in [2.45, 2.75) is 31.6 Å². The number of nitrogens with zero attached hydrogens (tertiary/aromatic N) is 1. The van der Waals surface area contributed by atoms with E-state index in [1.807, 2.05) is 18.2 Å². The summed E-state index contributed by atoms with van der Waals surface area (Å²) in [5, 5.41) is 0. The fourth-order valence-electron chi connectivity index (χ4n) is 1.88. The van der Waals surface area contributed by atoms with Crippen LogP contribution in [0.1, 0.15) is 37.3 Å². The lowest BCUT2D eigenvalue weighted by Crippen LogP contribution is -2.17. The smallest absolute Gasteiger partial charge is 0.141 e. The van der Waals surface area contributed by atoms with Gasteiger partial charge in [-0.3, -0.25) is 9.78 Å². The van der Waals surface area contributed by atoms with Crippen molar-refractivity contribution in [2.24, 2.45) is 0 Å². The first-order valence-electron chi connectivity index (χ1n) is 4.81. The fourth-order valence-corrected chi connectivity index (χ4v) is 1.88. The van der Waals surface area contributed by atoms with Crippen LogP contribution in [0.4, 0.5) is 0 Å². The maximum absolute atomic E-state index is 11.6. The van der Waals surface area contributed by atoms with Gasteiger partial charge in [0.25, 0.3) is 0 Å². The summed E-state index contributed by atoms with van der Waals surface area (Å²) in [6, 6.07) is 5.79. The molecule has 1 aromatic rings. The number of hydrogen-bond donors (Lipinski definition) is 0. The summed E-state index contributed by atoms with van der Waals surface area (Å²) in [6.45, 7) is 0. The van der Waals surface area contributed by atoms with E-state index in [0.29, 0.717) is 5.78 Å². The van der Waals surface area contributed by atoms with Gasteiger partial charge >= 0.3 is 0 Å². The van der Waals surface area contributed by atoms with E-state index in [2.05, 4.69) is 4.98 Å². The number of aromatic nitrogens is 1. The number of carbonyl (C=O) groups is 1.